The molecular formula is C29H35N5O5. The lowest BCUT2D eigenvalue weighted by Gasteiger charge is -2.29. The number of H-pyrrole nitrogens is 1. The van der Waals surface area contributed by atoms with Crippen LogP contribution in [-0.4, -0.2) is 64.7 Å². The summed E-state index contributed by atoms with van der Waals surface area (Å²) in [6.07, 6.45) is 2.37. The Morgan fingerprint density at radius 3 is 2.44 bits per heavy atom. The maximum Gasteiger partial charge on any atom is 0.259 e. The van der Waals surface area contributed by atoms with Crippen molar-refractivity contribution in [3.05, 3.63) is 70.1 Å². The standard InChI is InChI=1S/C24H23N5O4.C5H12O/c1-33-20-8-3-2-5-16(20)24(32)25-17-6-4-7-18-22(17)23-26-21(31)13-19(29(23)27-18)15-9-11-28(14-30)12-10-15;1-5(2,3)6-4/h2-8,13-15H,9-12H2,1H3,(H,25,32)(H,26,31);1-4H3. The summed E-state index contributed by atoms with van der Waals surface area (Å²) >= 11 is 0. The van der Waals surface area contributed by atoms with E-state index in [1.807, 2.05) is 32.9 Å². The van der Waals surface area contributed by atoms with E-state index < -0.39 is 0 Å². The van der Waals surface area contributed by atoms with Crippen LogP contribution in [0.4, 0.5) is 5.69 Å². The van der Waals surface area contributed by atoms with Gasteiger partial charge in [0.1, 0.15) is 11.4 Å². The number of fused-ring (bicyclic) bond motifs is 3. The minimum absolute atomic E-state index is 0.0417. The summed E-state index contributed by atoms with van der Waals surface area (Å²) in [5.41, 5.74) is 2.74. The maximum atomic E-state index is 13.0. The number of amides is 2. The quantitative estimate of drug-likeness (QED) is 0.371. The smallest absolute Gasteiger partial charge is 0.259 e. The van der Waals surface area contributed by atoms with Crippen LogP contribution in [0.25, 0.3) is 16.6 Å². The number of hydrogen-bond donors (Lipinski definition) is 2. The van der Waals surface area contributed by atoms with Gasteiger partial charge in [-0.3, -0.25) is 14.4 Å². The number of anilines is 1. The van der Waals surface area contributed by atoms with Gasteiger partial charge in [0.2, 0.25) is 6.41 Å². The summed E-state index contributed by atoms with van der Waals surface area (Å²) in [7, 11) is 3.23. The molecule has 0 unspecified atom stereocenters. The molecule has 0 saturated carbocycles. The maximum absolute atomic E-state index is 13.0. The molecule has 0 radical (unpaired) electrons. The fraction of sp³-hybridized carbons (Fsp3) is 0.379. The van der Waals surface area contributed by atoms with Crippen LogP contribution in [0.15, 0.2) is 53.3 Å². The molecule has 0 bridgehead atoms. The van der Waals surface area contributed by atoms with Gasteiger partial charge in [-0.15, -0.1) is 0 Å². The van der Waals surface area contributed by atoms with Crippen LogP contribution in [0.1, 0.15) is 55.6 Å². The van der Waals surface area contributed by atoms with Crippen LogP contribution in [0.2, 0.25) is 0 Å². The number of aromatic amines is 1. The summed E-state index contributed by atoms with van der Waals surface area (Å²) in [6.45, 7) is 7.35. The summed E-state index contributed by atoms with van der Waals surface area (Å²) < 4.78 is 12.0. The number of para-hydroxylation sites is 1. The average molecular weight is 534 g/mol. The van der Waals surface area contributed by atoms with Crippen LogP contribution in [0, 0.1) is 0 Å². The third-order valence-corrected chi connectivity index (χ3v) is 6.77. The second-order valence-corrected chi connectivity index (χ2v) is 10.4. The molecule has 0 aliphatic carbocycles. The first kappa shape index (κ1) is 27.8. The zero-order valence-electron chi connectivity index (χ0n) is 23.0. The summed E-state index contributed by atoms with van der Waals surface area (Å²) in [5.74, 6) is 0.255. The normalized spacial score (nSPS) is 14.1. The van der Waals surface area contributed by atoms with Crippen LogP contribution in [-0.2, 0) is 9.53 Å². The third-order valence-electron chi connectivity index (χ3n) is 6.77. The fourth-order valence-corrected chi connectivity index (χ4v) is 4.50. The molecule has 1 fully saturated rings. The largest absolute Gasteiger partial charge is 0.496 e. The van der Waals surface area contributed by atoms with E-state index in [-0.39, 0.29) is 23.0 Å². The van der Waals surface area contributed by atoms with Crippen molar-refractivity contribution in [2.75, 3.05) is 32.6 Å². The molecule has 10 heteroatoms. The molecule has 2 amide bonds. The predicted octanol–water partition coefficient (Wildman–Crippen LogP) is 4.20. The number of piperidine rings is 1. The molecule has 3 heterocycles. The minimum Gasteiger partial charge on any atom is -0.496 e. The first-order chi connectivity index (χ1) is 18.6. The molecule has 39 heavy (non-hydrogen) atoms. The van der Waals surface area contributed by atoms with Crippen molar-refractivity contribution in [3.8, 4) is 5.75 Å². The molecule has 1 aliphatic rings. The zero-order valence-corrected chi connectivity index (χ0v) is 23.0. The van der Waals surface area contributed by atoms with Gasteiger partial charge in [0.05, 0.1) is 40.6 Å². The van der Waals surface area contributed by atoms with Gasteiger partial charge in [-0.1, -0.05) is 18.2 Å². The topological polar surface area (TPSA) is 118 Å². The first-order valence-electron chi connectivity index (χ1n) is 12.9. The van der Waals surface area contributed by atoms with E-state index in [1.165, 1.54) is 7.11 Å². The molecule has 1 aliphatic heterocycles. The van der Waals surface area contributed by atoms with Gasteiger partial charge in [-0.05, 0) is 57.9 Å². The van der Waals surface area contributed by atoms with Crippen molar-refractivity contribution in [1.29, 1.82) is 0 Å². The lowest BCUT2D eigenvalue weighted by molar-refractivity contribution is -0.119. The second kappa shape index (κ2) is 11.7. The Hall–Kier alpha value is -4.18. The number of carbonyl (C=O) groups is 2. The number of nitrogens with zero attached hydrogens (tertiary/aromatic N) is 3. The molecule has 1 saturated heterocycles. The van der Waals surface area contributed by atoms with Gasteiger partial charge in [0.25, 0.3) is 11.5 Å². The van der Waals surface area contributed by atoms with Gasteiger partial charge in [0.15, 0.2) is 0 Å². The highest BCUT2D eigenvalue weighted by atomic mass is 16.5. The summed E-state index contributed by atoms with van der Waals surface area (Å²) in [6, 6.07) is 14.0. The highest BCUT2D eigenvalue weighted by Crippen LogP contribution is 2.32. The molecule has 206 valence electrons. The minimum atomic E-state index is -0.320. The number of benzene rings is 2. The van der Waals surface area contributed by atoms with Crippen molar-refractivity contribution < 1.29 is 19.1 Å². The van der Waals surface area contributed by atoms with Gasteiger partial charge < -0.3 is 24.7 Å². The van der Waals surface area contributed by atoms with Crippen molar-refractivity contribution in [2.45, 2.75) is 45.1 Å². The SMILES string of the molecule is COC(C)(C)C.COc1ccccc1C(=O)Nc1cccc2nn3c(C4CCN(C=O)CC4)cc(=O)[nH]c3c12. The van der Waals surface area contributed by atoms with Gasteiger partial charge in [0, 0.05) is 32.2 Å². The van der Waals surface area contributed by atoms with Gasteiger partial charge >= 0.3 is 0 Å². The molecule has 0 atom stereocenters. The number of aromatic nitrogens is 3. The Labute approximate surface area is 226 Å². The lowest BCUT2D eigenvalue weighted by atomic mass is 9.93. The van der Waals surface area contributed by atoms with E-state index in [4.69, 9.17) is 14.6 Å². The Balaban J connectivity index is 0.000000531. The number of methoxy groups -OCH3 is 2. The Morgan fingerprint density at radius 1 is 1.10 bits per heavy atom. The monoisotopic (exact) mass is 533 g/mol. The molecule has 2 aromatic carbocycles. The van der Waals surface area contributed by atoms with Gasteiger partial charge in [-0.2, -0.15) is 5.10 Å². The van der Waals surface area contributed by atoms with Crippen molar-refractivity contribution in [1.82, 2.24) is 19.5 Å². The van der Waals surface area contributed by atoms with Crippen LogP contribution < -0.4 is 15.6 Å². The first-order valence-corrected chi connectivity index (χ1v) is 12.9. The molecule has 10 nitrogen and oxygen atoms in total. The van der Waals surface area contributed by atoms with E-state index >= 15 is 0 Å². The number of hydrogen-bond acceptors (Lipinski definition) is 6. The molecule has 2 aromatic heterocycles. The van der Waals surface area contributed by atoms with Crippen LogP contribution in [0.5, 0.6) is 5.75 Å². The van der Waals surface area contributed by atoms with Crippen molar-refractivity contribution in [3.63, 3.8) is 0 Å². The number of ether oxygens (including phenoxy) is 2. The van der Waals surface area contributed by atoms with Gasteiger partial charge in [-0.25, -0.2) is 4.52 Å². The number of rotatable bonds is 5. The lowest BCUT2D eigenvalue weighted by Crippen LogP contribution is -2.32. The van der Waals surface area contributed by atoms with E-state index in [9.17, 15) is 14.4 Å². The molecule has 5 rings (SSSR count). The highest BCUT2D eigenvalue weighted by molar-refractivity contribution is 6.12. The Kier molecular flexibility index (Phi) is 8.35. The van der Waals surface area contributed by atoms with E-state index in [0.29, 0.717) is 46.6 Å². The van der Waals surface area contributed by atoms with Crippen LogP contribution in [0.3, 0.4) is 0 Å². The number of carbonyl (C=O) groups excluding carboxylic acids is 2. The number of likely N-dealkylation sites (tertiary alicyclic amines) is 1. The number of nitrogens with one attached hydrogen (secondary N) is 2. The second-order valence-electron chi connectivity index (χ2n) is 10.4. The van der Waals surface area contributed by atoms with Crippen LogP contribution >= 0.6 is 0 Å². The van der Waals surface area contributed by atoms with E-state index in [0.717, 1.165) is 24.9 Å². The highest BCUT2D eigenvalue weighted by Gasteiger charge is 2.24. The summed E-state index contributed by atoms with van der Waals surface area (Å²) in [4.78, 5) is 41.3. The Bertz CT molecular complexity index is 1530. The third kappa shape index (κ3) is 6.28. The van der Waals surface area contributed by atoms with E-state index in [1.54, 1.807) is 52.9 Å². The molecule has 2 N–H and O–H groups in total. The Morgan fingerprint density at radius 2 is 1.79 bits per heavy atom. The fourth-order valence-electron chi connectivity index (χ4n) is 4.50. The zero-order chi connectivity index (χ0) is 28.2. The van der Waals surface area contributed by atoms with Crippen molar-refractivity contribution >= 4 is 34.6 Å². The van der Waals surface area contributed by atoms with Crippen molar-refractivity contribution in [2.24, 2.45) is 0 Å². The predicted molar refractivity (Wildman–Crippen MR) is 151 cm³/mol. The molecule has 0 spiro atoms. The average Bonchev–Trinajstić information content (AvgIpc) is 3.32. The van der Waals surface area contributed by atoms with E-state index in [2.05, 4.69) is 10.3 Å². The molecule has 4 aromatic rings. The summed E-state index contributed by atoms with van der Waals surface area (Å²) in [5, 5.41) is 8.34. The molecular weight excluding hydrogens is 498 g/mol.